The maximum atomic E-state index is 12.1. The number of hydrogen-bond donors (Lipinski definition) is 1. The molecule has 0 spiro atoms. The fourth-order valence-corrected chi connectivity index (χ4v) is 3.21. The average Bonchev–Trinajstić information content (AvgIpc) is 3.20. The smallest absolute Gasteiger partial charge is 0.248 e. The summed E-state index contributed by atoms with van der Waals surface area (Å²) in [6.07, 6.45) is 8.46. The van der Waals surface area contributed by atoms with Gasteiger partial charge in [-0.2, -0.15) is 0 Å². The van der Waals surface area contributed by atoms with Crippen molar-refractivity contribution in [2.75, 3.05) is 13.1 Å². The van der Waals surface area contributed by atoms with E-state index in [9.17, 15) is 9.59 Å². The van der Waals surface area contributed by atoms with E-state index in [2.05, 4.69) is 5.48 Å². The molecule has 1 atom stereocenters. The Morgan fingerprint density at radius 2 is 1.70 bits per heavy atom. The van der Waals surface area contributed by atoms with Crippen molar-refractivity contribution in [1.82, 2.24) is 10.4 Å². The van der Waals surface area contributed by atoms with Crippen LogP contribution >= 0.6 is 0 Å². The molecule has 1 heterocycles. The van der Waals surface area contributed by atoms with Crippen LogP contribution in [0.3, 0.4) is 0 Å². The van der Waals surface area contributed by atoms with Crippen LogP contribution in [0.25, 0.3) is 0 Å². The lowest BCUT2D eigenvalue weighted by Gasteiger charge is -2.32. The Hall–Kier alpha value is -1.10. The van der Waals surface area contributed by atoms with E-state index in [1.165, 1.54) is 12.8 Å². The molecule has 0 aromatic heterocycles. The summed E-state index contributed by atoms with van der Waals surface area (Å²) in [4.78, 5) is 31.5. The number of nitrogens with zero attached hydrogens (tertiary/aromatic N) is 1. The van der Waals surface area contributed by atoms with Crippen molar-refractivity contribution in [2.24, 2.45) is 11.8 Å². The zero-order valence-corrected chi connectivity index (χ0v) is 12.0. The van der Waals surface area contributed by atoms with Crippen molar-refractivity contribution < 1.29 is 14.4 Å². The van der Waals surface area contributed by atoms with E-state index in [0.717, 1.165) is 45.1 Å². The molecule has 0 bridgehead atoms. The second-order valence-corrected chi connectivity index (χ2v) is 6.39. The fourth-order valence-electron chi connectivity index (χ4n) is 3.21. The van der Waals surface area contributed by atoms with Gasteiger partial charge in [-0.25, -0.2) is 5.48 Å². The van der Waals surface area contributed by atoms with Crippen LogP contribution in [0.5, 0.6) is 0 Å². The van der Waals surface area contributed by atoms with Crippen LogP contribution in [0.2, 0.25) is 0 Å². The van der Waals surface area contributed by atoms with Crippen molar-refractivity contribution in [3.8, 4) is 0 Å². The first-order valence-electron chi connectivity index (χ1n) is 7.98. The molecule has 5 heteroatoms. The van der Waals surface area contributed by atoms with Gasteiger partial charge in [-0.3, -0.25) is 14.4 Å². The summed E-state index contributed by atoms with van der Waals surface area (Å²) in [5.41, 5.74) is 2.62. The monoisotopic (exact) mass is 280 g/mol. The van der Waals surface area contributed by atoms with E-state index in [0.29, 0.717) is 6.54 Å². The molecule has 2 saturated carbocycles. The van der Waals surface area contributed by atoms with Gasteiger partial charge in [0.2, 0.25) is 11.8 Å². The highest BCUT2D eigenvalue weighted by atomic mass is 16.7. The number of amides is 2. The second kappa shape index (κ2) is 6.12. The molecule has 1 saturated heterocycles. The molecule has 2 aliphatic carbocycles. The average molecular weight is 280 g/mol. The van der Waals surface area contributed by atoms with Crippen LogP contribution in [-0.4, -0.2) is 35.9 Å². The van der Waals surface area contributed by atoms with Crippen molar-refractivity contribution in [1.29, 1.82) is 0 Å². The first kappa shape index (κ1) is 13.9. The van der Waals surface area contributed by atoms with E-state index in [1.807, 2.05) is 4.90 Å². The molecule has 20 heavy (non-hydrogen) atoms. The molecular formula is C15H24N2O3. The minimum atomic E-state index is -0.104. The van der Waals surface area contributed by atoms with E-state index in [4.69, 9.17) is 4.84 Å². The van der Waals surface area contributed by atoms with Crippen LogP contribution < -0.4 is 5.48 Å². The van der Waals surface area contributed by atoms with Gasteiger partial charge in [0, 0.05) is 19.0 Å². The summed E-state index contributed by atoms with van der Waals surface area (Å²) >= 11 is 0. The minimum absolute atomic E-state index is 0.0507. The Labute approximate surface area is 120 Å². The first-order chi connectivity index (χ1) is 9.74. The second-order valence-electron chi connectivity index (χ2n) is 6.39. The summed E-state index contributed by atoms with van der Waals surface area (Å²) in [5.74, 6) is 0.337. The van der Waals surface area contributed by atoms with Gasteiger partial charge in [0.05, 0.1) is 12.0 Å². The summed E-state index contributed by atoms with van der Waals surface area (Å²) in [6.45, 7) is 1.37. The zero-order valence-electron chi connectivity index (χ0n) is 12.0. The third-order valence-corrected chi connectivity index (χ3v) is 4.66. The molecule has 2 amide bonds. The number of carbonyl (C=O) groups is 2. The molecule has 5 nitrogen and oxygen atoms in total. The third-order valence-electron chi connectivity index (χ3n) is 4.66. The topological polar surface area (TPSA) is 58.6 Å². The minimum Gasteiger partial charge on any atom is -0.342 e. The maximum absolute atomic E-state index is 12.1. The lowest BCUT2D eigenvalue weighted by atomic mass is 9.97. The largest absolute Gasteiger partial charge is 0.342 e. The summed E-state index contributed by atoms with van der Waals surface area (Å²) in [6, 6.07) is 0. The molecule has 112 valence electrons. The Balaban J connectivity index is 1.45. The number of carbonyl (C=O) groups excluding carboxylic acids is 2. The summed E-state index contributed by atoms with van der Waals surface area (Å²) in [7, 11) is 0. The Morgan fingerprint density at radius 1 is 0.950 bits per heavy atom. The Bertz CT molecular complexity index is 375. The summed E-state index contributed by atoms with van der Waals surface area (Å²) < 4.78 is 0. The van der Waals surface area contributed by atoms with Gasteiger partial charge < -0.3 is 4.90 Å². The van der Waals surface area contributed by atoms with Crippen LogP contribution in [0.15, 0.2) is 0 Å². The number of piperidine rings is 1. The van der Waals surface area contributed by atoms with Gasteiger partial charge in [-0.15, -0.1) is 0 Å². The number of hydroxylamine groups is 1. The standard InChI is InChI=1S/C15H24N2O3/c18-14(16-20-13-5-1-2-6-13)12-4-3-9-17(10-12)15(19)11-7-8-11/h11-13H,1-10H2,(H,16,18). The van der Waals surface area contributed by atoms with Gasteiger partial charge in [-0.05, 0) is 38.5 Å². The van der Waals surface area contributed by atoms with Crippen LogP contribution in [0.4, 0.5) is 0 Å². The predicted octanol–water partition coefficient (Wildman–Crippen LogP) is 1.63. The molecule has 3 fully saturated rings. The van der Waals surface area contributed by atoms with E-state index < -0.39 is 0 Å². The normalized spacial score (nSPS) is 27.6. The third kappa shape index (κ3) is 3.32. The number of rotatable bonds is 4. The SMILES string of the molecule is O=C(NOC1CCCC1)C1CCCN(C(=O)C2CC2)C1. The van der Waals surface area contributed by atoms with Crippen molar-refractivity contribution >= 4 is 11.8 Å². The zero-order chi connectivity index (χ0) is 13.9. The van der Waals surface area contributed by atoms with Crippen molar-refractivity contribution in [2.45, 2.75) is 57.5 Å². The molecule has 0 aromatic carbocycles. The van der Waals surface area contributed by atoms with Crippen LogP contribution in [0.1, 0.15) is 51.4 Å². The Kier molecular flexibility index (Phi) is 4.24. The molecule has 1 unspecified atom stereocenters. The van der Waals surface area contributed by atoms with Crippen molar-refractivity contribution in [3.05, 3.63) is 0 Å². The highest BCUT2D eigenvalue weighted by Gasteiger charge is 2.36. The quantitative estimate of drug-likeness (QED) is 0.796. The first-order valence-corrected chi connectivity index (χ1v) is 7.98. The number of nitrogens with one attached hydrogen (secondary N) is 1. The van der Waals surface area contributed by atoms with E-state index in [-0.39, 0.29) is 29.8 Å². The van der Waals surface area contributed by atoms with Gasteiger partial charge >= 0.3 is 0 Å². The van der Waals surface area contributed by atoms with E-state index >= 15 is 0 Å². The van der Waals surface area contributed by atoms with Crippen LogP contribution in [0, 0.1) is 11.8 Å². The molecule has 3 rings (SSSR count). The molecule has 0 aromatic rings. The molecule has 3 aliphatic rings. The lowest BCUT2D eigenvalue weighted by Crippen LogP contribution is -2.46. The maximum Gasteiger partial charge on any atom is 0.248 e. The Morgan fingerprint density at radius 3 is 2.40 bits per heavy atom. The van der Waals surface area contributed by atoms with Gasteiger partial charge in [0.15, 0.2) is 0 Å². The number of likely N-dealkylation sites (tertiary alicyclic amines) is 1. The molecule has 1 aliphatic heterocycles. The van der Waals surface area contributed by atoms with Crippen molar-refractivity contribution in [3.63, 3.8) is 0 Å². The van der Waals surface area contributed by atoms with E-state index in [1.54, 1.807) is 0 Å². The highest BCUT2D eigenvalue weighted by molar-refractivity contribution is 5.83. The molecular weight excluding hydrogens is 256 g/mol. The van der Waals surface area contributed by atoms with Gasteiger partial charge in [0.25, 0.3) is 0 Å². The molecule has 1 N–H and O–H groups in total. The fraction of sp³-hybridized carbons (Fsp3) is 0.867. The predicted molar refractivity (Wildman–Crippen MR) is 73.5 cm³/mol. The van der Waals surface area contributed by atoms with Gasteiger partial charge in [0.1, 0.15) is 0 Å². The number of hydrogen-bond acceptors (Lipinski definition) is 3. The molecule has 0 radical (unpaired) electrons. The van der Waals surface area contributed by atoms with Gasteiger partial charge in [-0.1, -0.05) is 12.8 Å². The summed E-state index contributed by atoms with van der Waals surface area (Å²) in [5, 5.41) is 0. The highest BCUT2D eigenvalue weighted by Crippen LogP contribution is 2.32. The van der Waals surface area contributed by atoms with Crippen LogP contribution in [-0.2, 0) is 14.4 Å². The lowest BCUT2D eigenvalue weighted by molar-refractivity contribution is -0.146.